The molecular formula is C18H20FNO3. The van der Waals surface area contributed by atoms with Crippen molar-refractivity contribution in [1.29, 1.82) is 0 Å². The van der Waals surface area contributed by atoms with Gasteiger partial charge in [0.15, 0.2) is 18.2 Å². The monoisotopic (exact) mass is 317 g/mol. The van der Waals surface area contributed by atoms with Gasteiger partial charge >= 0.3 is 0 Å². The SMILES string of the molecule is Cc1ccccc1OCC(C)NC(=O)COc1ccccc1F. The smallest absolute Gasteiger partial charge is 0.258 e. The van der Waals surface area contributed by atoms with Crippen molar-refractivity contribution in [2.75, 3.05) is 13.2 Å². The zero-order valence-corrected chi connectivity index (χ0v) is 13.2. The van der Waals surface area contributed by atoms with Crippen molar-refractivity contribution in [3.8, 4) is 11.5 Å². The Kier molecular flexibility index (Phi) is 5.97. The second-order valence-electron chi connectivity index (χ2n) is 5.26. The average molecular weight is 317 g/mol. The number of para-hydroxylation sites is 2. The number of halogens is 1. The predicted octanol–water partition coefficient (Wildman–Crippen LogP) is 3.10. The molecule has 122 valence electrons. The van der Waals surface area contributed by atoms with Gasteiger partial charge in [0.2, 0.25) is 0 Å². The van der Waals surface area contributed by atoms with E-state index in [9.17, 15) is 9.18 Å². The maximum absolute atomic E-state index is 13.4. The first-order valence-electron chi connectivity index (χ1n) is 7.41. The van der Waals surface area contributed by atoms with Crippen LogP contribution in [0.4, 0.5) is 4.39 Å². The topological polar surface area (TPSA) is 47.6 Å². The molecular weight excluding hydrogens is 297 g/mol. The number of ether oxygens (including phenoxy) is 2. The third-order valence-corrected chi connectivity index (χ3v) is 3.19. The fourth-order valence-electron chi connectivity index (χ4n) is 2.00. The van der Waals surface area contributed by atoms with Crippen LogP contribution in [-0.2, 0) is 4.79 Å². The Morgan fingerprint density at radius 2 is 1.74 bits per heavy atom. The summed E-state index contributed by atoms with van der Waals surface area (Å²) in [6, 6.07) is 13.5. The van der Waals surface area contributed by atoms with Crippen LogP contribution in [0.2, 0.25) is 0 Å². The number of hydrogen-bond acceptors (Lipinski definition) is 3. The summed E-state index contributed by atoms with van der Waals surface area (Å²) in [6.07, 6.45) is 0. The number of carbonyl (C=O) groups excluding carboxylic acids is 1. The van der Waals surface area contributed by atoms with E-state index in [1.807, 2.05) is 38.1 Å². The molecule has 4 nitrogen and oxygen atoms in total. The van der Waals surface area contributed by atoms with E-state index in [1.165, 1.54) is 12.1 Å². The van der Waals surface area contributed by atoms with Gasteiger partial charge in [0.25, 0.3) is 5.91 Å². The van der Waals surface area contributed by atoms with Gasteiger partial charge in [-0.25, -0.2) is 4.39 Å². The zero-order chi connectivity index (χ0) is 16.7. The Labute approximate surface area is 135 Å². The molecule has 2 aromatic rings. The zero-order valence-electron chi connectivity index (χ0n) is 13.2. The molecule has 0 aliphatic heterocycles. The first-order chi connectivity index (χ1) is 11.1. The number of benzene rings is 2. The van der Waals surface area contributed by atoms with Crippen LogP contribution in [0.5, 0.6) is 11.5 Å². The standard InChI is InChI=1S/C18H20FNO3/c1-13-7-3-5-9-16(13)22-11-14(2)20-18(21)12-23-17-10-6-4-8-15(17)19/h3-10,14H,11-12H2,1-2H3,(H,20,21). The maximum Gasteiger partial charge on any atom is 0.258 e. The minimum atomic E-state index is -0.490. The molecule has 1 atom stereocenters. The molecule has 1 amide bonds. The van der Waals surface area contributed by atoms with Crippen molar-refractivity contribution in [2.45, 2.75) is 19.9 Å². The lowest BCUT2D eigenvalue weighted by Crippen LogP contribution is -2.39. The Hall–Kier alpha value is -2.56. The maximum atomic E-state index is 13.4. The van der Waals surface area contributed by atoms with Gasteiger partial charge in [0.1, 0.15) is 12.4 Å². The molecule has 2 rings (SSSR count). The highest BCUT2D eigenvalue weighted by molar-refractivity contribution is 5.77. The number of rotatable bonds is 7. The lowest BCUT2D eigenvalue weighted by molar-refractivity contribution is -0.123. The molecule has 0 aliphatic carbocycles. The summed E-state index contributed by atoms with van der Waals surface area (Å²) in [6.45, 7) is 3.89. The Balaban J connectivity index is 1.74. The summed E-state index contributed by atoms with van der Waals surface area (Å²) in [5, 5.41) is 2.75. The summed E-state index contributed by atoms with van der Waals surface area (Å²) in [4.78, 5) is 11.8. The number of carbonyl (C=O) groups is 1. The Morgan fingerprint density at radius 1 is 1.09 bits per heavy atom. The van der Waals surface area contributed by atoms with Crippen LogP contribution in [0.1, 0.15) is 12.5 Å². The Morgan fingerprint density at radius 3 is 2.43 bits per heavy atom. The van der Waals surface area contributed by atoms with Gasteiger partial charge in [-0.2, -0.15) is 0 Å². The van der Waals surface area contributed by atoms with Gasteiger partial charge in [-0.15, -0.1) is 0 Å². The van der Waals surface area contributed by atoms with Crippen LogP contribution in [0.15, 0.2) is 48.5 Å². The minimum absolute atomic E-state index is 0.0615. The van der Waals surface area contributed by atoms with Crippen molar-refractivity contribution < 1.29 is 18.7 Å². The number of hydrogen-bond donors (Lipinski definition) is 1. The molecule has 23 heavy (non-hydrogen) atoms. The third-order valence-electron chi connectivity index (χ3n) is 3.19. The second kappa shape index (κ2) is 8.17. The molecule has 1 unspecified atom stereocenters. The molecule has 2 aromatic carbocycles. The van der Waals surface area contributed by atoms with Crippen LogP contribution in [0, 0.1) is 12.7 Å². The normalized spacial score (nSPS) is 11.6. The molecule has 0 saturated heterocycles. The van der Waals surface area contributed by atoms with E-state index >= 15 is 0 Å². The molecule has 0 fully saturated rings. The van der Waals surface area contributed by atoms with E-state index in [0.29, 0.717) is 6.61 Å². The molecule has 0 aromatic heterocycles. The van der Waals surface area contributed by atoms with Crippen LogP contribution in [0.25, 0.3) is 0 Å². The van der Waals surface area contributed by atoms with Crippen molar-refractivity contribution in [1.82, 2.24) is 5.32 Å². The average Bonchev–Trinajstić information content (AvgIpc) is 2.53. The first kappa shape index (κ1) is 16.8. The highest BCUT2D eigenvalue weighted by Crippen LogP contribution is 2.16. The number of nitrogens with one attached hydrogen (secondary N) is 1. The van der Waals surface area contributed by atoms with Crippen molar-refractivity contribution >= 4 is 5.91 Å². The van der Waals surface area contributed by atoms with Crippen LogP contribution in [-0.4, -0.2) is 25.2 Å². The van der Waals surface area contributed by atoms with Crippen molar-refractivity contribution in [2.24, 2.45) is 0 Å². The van der Waals surface area contributed by atoms with E-state index in [-0.39, 0.29) is 24.3 Å². The quantitative estimate of drug-likeness (QED) is 0.853. The summed E-state index contributed by atoms with van der Waals surface area (Å²) in [5.74, 6) is 0.0352. The second-order valence-corrected chi connectivity index (χ2v) is 5.26. The van der Waals surface area contributed by atoms with Crippen LogP contribution in [0.3, 0.4) is 0 Å². The highest BCUT2D eigenvalue weighted by atomic mass is 19.1. The fourth-order valence-corrected chi connectivity index (χ4v) is 2.00. The molecule has 0 aliphatic rings. The van der Waals surface area contributed by atoms with E-state index in [4.69, 9.17) is 9.47 Å². The van der Waals surface area contributed by atoms with Gasteiger partial charge in [-0.05, 0) is 37.6 Å². The number of aryl methyl sites for hydroxylation is 1. The van der Waals surface area contributed by atoms with Crippen molar-refractivity contribution in [3.63, 3.8) is 0 Å². The van der Waals surface area contributed by atoms with Gasteiger partial charge < -0.3 is 14.8 Å². The summed E-state index contributed by atoms with van der Waals surface area (Å²) in [5.41, 5.74) is 1.04. The molecule has 5 heteroatoms. The molecule has 0 saturated carbocycles. The largest absolute Gasteiger partial charge is 0.491 e. The fraction of sp³-hybridized carbons (Fsp3) is 0.278. The molecule has 1 N–H and O–H groups in total. The predicted molar refractivity (Wildman–Crippen MR) is 86.2 cm³/mol. The summed E-state index contributed by atoms with van der Waals surface area (Å²) >= 11 is 0. The highest BCUT2D eigenvalue weighted by Gasteiger charge is 2.10. The van der Waals surface area contributed by atoms with Gasteiger partial charge in [0, 0.05) is 0 Å². The summed E-state index contributed by atoms with van der Waals surface area (Å²) in [7, 11) is 0. The van der Waals surface area contributed by atoms with Gasteiger partial charge in [-0.1, -0.05) is 30.3 Å². The lowest BCUT2D eigenvalue weighted by atomic mass is 10.2. The van der Waals surface area contributed by atoms with Gasteiger partial charge in [-0.3, -0.25) is 4.79 Å². The van der Waals surface area contributed by atoms with Crippen molar-refractivity contribution in [3.05, 3.63) is 59.9 Å². The molecule has 0 radical (unpaired) electrons. The summed E-state index contributed by atoms with van der Waals surface area (Å²) < 4.78 is 24.2. The Bertz CT molecular complexity index is 660. The minimum Gasteiger partial charge on any atom is -0.491 e. The van der Waals surface area contributed by atoms with E-state index in [1.54, 1.807) is 12.1 Å². The van der Waals surface area contributed by atoms with Crippen LogP contribution < -0.4 is 14.8 Å². The van der Waals surface area contributed by atoms with E-state index in [0.717, 1.165) is 11.3 Å². The lowest BCUT2D eigenvalue weighted by Gasteiger charge is -2.16. The third kappa shape index (κ3) is 5.29. The van der Waals surface area contributed by atoms with Gasteiger partial charge in [0.05, 0.1) is 6.04 Å². The van der Waals surface area contributed by atoms with Crippen LogP contribution >= 0.6 is 0 Å². The molecule has 0 spiro atoms. The number of amides is 1. The first-order valence-corrected chi connectivity index (χ1v) is 7.41. The van der Waals surface area contributed by atoms with E-state index < -0.39 is 5.82 Å². The van der Waals surface area contributed by atoms with E-state index in [2.05, 4.69) is 5.32 Å². The molecule has 0 bridgehead atoms. The molecule has 0 heterocycles.